The van der Waals surface area contributed by atoms with E-state index < -0.39 is 0 Å². The Morgan fingerprint density at radius 2 is 2.00 bits per heavy atom. The van der Waals surface area contributed by atoms with Gasteiger partial charge in [-0.05, 0) is 61.2 Å². The first-order valence-electron chi connectivity index (χ1n) is 10.7. The molecule has 3 rings (SSSR count). The molecular formula is C23H34N4OS. The molecule has 0 spiro atoms. The number of benzene rings is 1. The van der Waals surface area contributed by atoms with Crippen molar-refractivity contribution in [3.63, 3.8) is 0 Å². The summed E-state index contributed by atoms with van der Waals surface area (Å²) in [4.78, 5) is 10.9. The molecular weight excluding hydrogens is 380 g/mol. The number of likely N-dealkylation sites (N-methyl/N-ethyl adjacent to an activating group) is 1. The first-order chi connectivity index (χ1) is 14.2. The van der Waals surface area contributed by atoms with Crippen LogP contribution in [0.25, 0.3) is 0 Å². The monoisotopic (exact) mass is 414 g/mol. The van der Waals surface area contributed by atoms with Crippen LogP contribution in [0.4, 0.5) is 5.69 Å². The second-order valence-corrected chi connectivity index (χ2v) is 8.73. The summed E-state index contributed by atoms with van der Waals surface area (Å²) in [6, 6.07) is 13.1. The summed E-state index contributed by atoms with van der Waals surface area (Å²) in [7, 11) is 2.11. The summed E-state index contributed by atoms with van der Waals surface area (Å²) in [5, 5.41) is 14.8. The quantitative estimate of drug-likeness (QED) is 0.512. The minimum Gasteiger partial charge on any atom is -0.396 e. The van der Waals surface area contributed by atoms with Gasteiger partial charge in [-0.25, -0.2) is 4.99 Å². The Labute approximate surface area is 179 Å². The minimum atomic E-state index is 0.320. The molecule has 2 N–H and O–H groups in total. The molecule has 6 heteroatoms. The SMILES string of the molecule is CCNC(=NCc1ccc(N2CCC(CO)CC2)cc1)N(C)CCc1cccs1. The number of nitrogens with one attached hydrogen (secondary N) is 1. The summed E-state index contributed by atoms with van der Waals surface area (Å²) >= 11 is 1.81. The van der Waals surface area contributed by atoms with E-state index in [0.29, 0.717) is 19.1 Å². The highest BCUT2D eigenvalue weighted by molar-refractivity contribution is 7.09. The van der Waals surface area contributed by atoms with Gasteiger partial charge in [-0.2, -0.15) is 0 Å². The fourth-order valence-corrected chi connectivity index (χ4v) is 4.36. The second kappa shape index (κ2) is 11.2. The van der Waals surface area contributed by atoms with E-state index in [4.69, 9.17) is 4.99 Å². The Kier molecular flexibility index (Phi) is 8.38. The Balaban J connectivity index is 1.54. The van der Waals surface area contributed by atoms with Gasteiger partial charge in [-0.1, -0.05) is 18.2 Å². The molecule has 1 fully saturated rings. The van der Waals surface area contributed by atoms with E-state index in [1.807, 2.05) is 11.3 Å². The molecule has 29 heavy (non-hydrogen) atoms. The van der Waals surface area contributed by atoms with Gasteiger partial charge < -0.3 is 20.2 Å². The third-order valence-corrected chi connectivity index (χ3v) is 6.49. The molecule has 1 saturated heterocycles. The maximum atomic E-state index is 9.31. The molecule has 0 atom stereocenters. The number of aliphatic hydroxyl groups excluding tert-OH is 1. The molecule has 0 unspecified atom stereocenters. The molecule has 5 nitrogen and oxygen atoms in total. The first-order valence-corrected chi connectivity index (χ1v) is 11.5. The smallest absolute Gasteiger partial charge is 0.193 e. The van der Waals surface area contributed by atoms with Crippen molar-refractivity contribution in [2.45, 2.75) is 32.7 Å². The maximum Gasteiger partial charge on any atom is 0.193 e. The lowest BCUT2D eigenvalue weighted by molar-refractivity contribution is 0.203. The summed E-state index contributed by atoms with van der Waals surface area (Å²) in [5.41, 5.74) is 2.50. The van der Waals surface area contributed by atoms with Crippen molar-refractivity contribution < 1.29 is 5.11 Å². The molecule has 0 radical (unpaired) electrons. The van der Waals surface area contributed by atoms with Gasteiger partial charge in [0.15, 0.2) is 5.96 Å². The molecule has 0 saturated carbocycles. The molecule has 2 aromatic rings. The normalized spacial score (nSPS) is 15.6. The second-order valence-electron chi connectivity index (χ2n) is 7.70. The van der Waals surface area contributed by atoms with Gasteiger partial charge in [0, 0.05) is 50.4 Å². The van der Waals surface area contributed by atoms with Crippen LogP contribution >= 0.6 is 11.3 Å². The topological polar surface area (TPSA) is 51.1 Å². The van der Waals surface area contributed by atoms with Crippen LogP contribution in [0.2, 0.25) is 0 Å². The van der Waals surface area contributed by atoms with E-state index in [9.17, 15) is 5.11 Å². The molecule has 1 aliphatic heterocycles. The lowest BCUT2D eigenvalue weighted by atomic mass is 9.97. The van der Waals surface area contributed by atoms with E-state index in [-0.39, 0.29) is 0 Å². The van der Waals surface area contributed by atoms with Crippen LogP contribution in [-0.2, 0) is 13.0 Å². The van der Waals surface area contributed by atoms with E-state index in [0.717, 1.165) is 51.4 Å². The highest BCUT2D eigenvalue weighted by Gasteiger charge is 2.18. The summed E-state index contributed by atoms with van der Waals surface area (Å²) in [6.45, 7) is 6.99. The number of aliphatic imine (C=N–C) groups is 1. The Morgan fingerprint density at radius 1 is 1.24 bits per heavy atom. The van der Waals surface area contributed by atoms with Gasteiger partial charge in [-0.15, -0.1) is 11.3 Å². The van der Waals surface area contributed by atoms with Gasteiger partial charge in [0.05, 0.1) is 6.54 Å². The molecule has 0 amide bonds. The summed E-state index contributed by atoms with van der Waals surface area (Å²) in [6.07, 6.45) is 3.19. The number of guanidine groups is 1. The fraction of sp³-hybridized carbons (Fsp3) is 0.522. The zero-order valence-corrected chi connectivity index (χ0v) is 18.5. The average molecular weight is 415 g/mol. The van der Waals surface area contributed by atoms with Crippen LogP contribution in [-0.4, -0.2) is 55.8 Å². The standard InChI is InChI=1S/C23H34N4OS/c1-3-24-23(26(2)13-12-22-5-4-16-29-22)25-17-19-6-8-21(9-7-19)27-14-10-20(18-28)11-15-27/h4-9,16,20,28H,3,10-15,17-18H2,1-2H3,(H,24,25). The van der Waals surface area contributed by atoms with E-state index in [1.165, 1.54) is 16.1 Å². The molecule has 1 aliphatic rings. The van der Waals surface area contributed by atoms with Gasteiger partial charge in [-0.3, -0.25) is 0 Å². The Morgan fingerprint density at radius 3 is 2.62 bits per heavy atom. The Bertz CT molecular complexity index is 737. The average Bonchev–Trinajstić information content (AvgIpc) is 3.29. The van der Waals surface area contributed by atoms with Crippen LogP contribution in [0.1, 0.15) is 30.2 Å². The Hall–Kier alpha value is -2.05. The maximum absolute atomic E-state index is 9.31. The lowest BCUT2D eigenvalue weighted by Crippen LogP contribution is -2.39. The molecule has 0 aliphatic carbocycles. The van der Waals surface area contributed by atoms with Crippen LogP contribution in [0.15, 0.2) is 46.8 Å². The number of hydrogen-bond donors (Lipinski definition) is 2. The first kappa shape index (κ1) is 21.7. The zero-order chi connectivity index (χ0) is 20.5. The van der Waals surface area contributed by atoms with Crippen molar-refractivity contribution in [3.8, 4) is 0 Å². The minimum absolute atomic E-state index is 0.320. The zero-order valence-electron chi connectivity index (χ0n) is 17.7. The molecule has 0 bridgehead atoms. The van der Waals surface area contributed by atoms with Gasteiger partial charge >= 0.3 is 0 Å². The highest BCUT2D eigenvalue weighted by atomic mass is 32.1. The van der Waals surface area contributed by atoms with Gasteiger partial charge in [0.2, 0.25) is 0 Å². The van der Waals surface area contributed by atoms with Crippen molar-refractivity contribution in [2.75, 3.05) is 44.7 Å². The lowest BCUT2D eigenvalue weighted by Gasteiger charge is -2.32. The molecule has 158 valence electrons. The number of piperidine rings is 1. The third kappa shape index (κ3) is 6.47. The number of hydrogen-bond acceptors (Lipinski definition) is 4. The number of nitrogens with zero attached hydrogens (tertiary/aromatic N) is 3. The predicted molar refractivity (Wildman–Crippen MR) is 124 cm³/mol. The van der Waals surface area contributed by atoms with Crippen molar-refractivity contribution in [1.29, 1.82) is 0 Å². The van der Waals surface area contributed by atoms with E-state index in [1.54, 1.807) is 0 Å². The van der Waals surface area contributed by atoms with Crippen molar-refractivity contribution in [3.05, 3.63) is 52.2 Å². The highest BCUT2D eigenvalue weighted by Crippen LogP contribution is 2.23. The largest absolute Gasteiger partial charge is 0.396 e. The van der Waals surface area contributed by atoms with Crippen molar-refractivity contribution in [2.24, 2.45) is 10.9 Å². The number of aliphatic hydroxyl groups is 1. The number of anilines is 1. The summed E-state index contributed by atoms with van der Waals surface area (Å²) < 4.78 is 0. The van der Waals surface area contributed by atoms with E-state index in [2.05, 4.69) is 70.9 Å². The fourth-order valence-electron chi connectivity index (χ4n) is 3.66. The van der Waals surface area contributed by atoms with Gasteiger partial charge in [0.1, 0.15) is 0 Å². The molecule has 1 aromatic carbocycles. The van der Waals surface area contributed by atoms with Gasteiger partial charge in [0.25, 0.3) is 0 Å². The summed E-state index contributed by atoms with van der Waals surface area (Å²) in [5.74, 6) is 1.43. The van der Waals surface area contributed by atoms with Crippen LogP contribution in [0, 0.1) is 5.92 Å². The van der Waals surface area contributed by atoms with E-state index >= 15 is 0 Å². The molecule has 1 aromatic heterocycles. The predicted octanol–water partition coefficient (Wildman–Crippen LogP) is 3.60. The van der Waals surface area contributed by atoms with Crippen LogP contribution < -0.4 is 10.2 Å². The van der Waals surface area contributed by atoms with Crippen LogP contribution in [0.5, 0.6) is 0 Å². The third-order valence-electron chi connectivity index (χ3n) is 5.56. The number of rotatable bonds is 8. The number of thiophene rings is 1. The van der Waals surface area contributed by atoms with Crippen molar-refractivity contribution >= 4 is 23.0 Å². The molecule has 2 heterocycles. The van der Waals surface area contributed by atoms with Crippen molar-refractivity contribution in [1.82, 2.24) is 10.2 Å². The van der Waals surface area contributed by atoms with Crippen LogP contribution in [0.3, 0.4) is 0 Å².